The van der Waals surface area contributed by atoms with E-state index >= 15 is 0 Å². The highest BCUT2D eigenvalue weighted by Crippen LogP contribution is 2.45. The second kappa shape index (κ2) is 6.40. The smallest absolute Gasteiger partial charge is 0.325 e. The first-order valence-electron chi connectivity index (χ1n) is 8.44. The van der Waals surface area contributed by atoms with Crippen LogP contribution in [0.5, 0.6) is 0 Å². The molecule has 3 rings (SSSR count). The van der Waals surface area contributed by atoms with E-state index in [1.165, 1.54) is 16.7 Å². The van der Waals surface area contributed by atoms with Gasteiger partial charge in [0.1, 0.15) is 11.6 Å². The van der Waals surface area contributed by atoms with Crippen LogP contribution in [-0.2, 0) is 16.1 Å². The van der Waals surface area contributed by atoms with E-state index in [-0.39, 0.29) is 18.1 Å². The number of carbonyl (C=O) groups excluding carboxylic acids is 1. The van der Waals surface area contributed by atoms with Crippen molar-refractivity contribution in [1.82, 2.24) is 4.90 Å². The van der Waals surface area contributed by atoms with Gasteiger partial charge in [-0.1, -0.05) is 60.2 Å². The van der Waals surface area contributed by atoms with Gasteiger partial charge < -0.3 is 4.74 Å². The van der Waals surface area contributed by atoms with Gasteiger partial charge in [0.15, 0.2) is 0 Å². The first kappa shape index (κ1) is 16.7. The molecule has 2 aromatic carbocycles. The zero-order chi connectivity index (χ0) is 17.3. The highest BCUT2D eigenvalue weighted by molar-refractivity contribution is 5.81. The Labute approximate surface area is 144 Å². The fourth-order valence-corrected chi connectivity index (χ4v) is 3.03. The van der Waals surface area contributed by atoms with E-state index in [0.717, 1.165) is 6.54 Å². The number of aryl methyl sites for hydroxylation is 1. The fourth-order valence-electron chi connectivity index (χ4n) is 3.03. The lowest BCUT2D eigenvalue weighted by Gasteiger charge is -2.19. The molecule has 24 heavy (non-hydrogen) atoms. The molecule has 3 atom stereocenters. The molecular formula is C21H25NO2. The Balaban J connectivity index is 1.80. The number of carbonyl (C=O) groups is 1. The topological polar surface area (TPSA) is 29.3 Å². The Morgan fingerprint density at radius 1 is 1.04 bits per heavy atom. The van der Waals surface area contributed by atoms with Gasteiger partial charge in [-0.3, -0.25) is 9.69 Å². The van der Waals surface area contributed by atoms with Gasteiger partial charge >= 0.3 is 5.97 Å². The van der Waals surface area contributed by atoms with Gasteiger partial charge in [0.25, 0.3) is 0 Å². The number of ether oxygens (including phenoxy) is 1. The van der Waals surface area contributed by atoms with E-state index in [9.17, 15) is 4.79 Å². The molecule has 1 heterocycles. The van der Waals surface area contributed by atoms with Crippen molar-refractivity contribution in [3.63, 3.8) is 0 Å². The van der Waals surface area contributed by atoms with E-state index in [1.807, 2.05) is 39.0 Å². The molecule has 3 nitrogen and oxygen atoms in total. The first-order chi connectivity index (χ1) is 11.3. The minimum Gasteiger partial charge on any atom is -0.459 e. The van der Waals surface area contributed by atoms with Crippen molar-refractivity contribution in [2.45, 2.75) is 51.9 Å². The normalized spacial score (nSPS) is 22.9. The summed E-state index contributed by atoms with van der Waals surface area (Å²) >= 11 is 0. The lowest BCUT2D eigenvalue weighted by atomic mass is 10.1. The third-order valence-corrected chi connectivity index (χ3v) is 4.20. The van der Waals surface area contributed by atoms with Crippen LogP contribution < -0.4 is 0 Å². The molecule has 126 valence electrons. The molecule has 0 saturated carbocycles. The van der Waals surface area contributed by atoms with Gasteiger partial charge in [0.05, 0.1) is 6.04 Å². The molecule has 0 aliphatic carbocycles. The van der Waals surface area contributed by atoms with Crippen LogP contribution in [0.2, 0.25) is 0 Å². The highest BCUT2D eigenvalue weighted by atomic mass is 16.6. The SMILES string of the molecule is Cc1ccc(C2C(C(=O)OC(C)(C)C)N2Cc2ccccc2)cc1. The van der Waals surface area contributed by atoms with Crippen molar-refractivity contribution in [3.05, 3.63) is 71.3 Å². The molecular weight excluding hydrogens is 298 g/mol. The van der Waals surface area contributed by atoms with Crippen molar-refractivity contribution < 1.29 is 9.53 Å². The van der Waals surface area contributed by atoms with Crippen molar-refractivity contribution in [3.8, 4) is 0 Å². The number of benzene rings is 2. The van der Waals surface area contributed by atoms with Crippen molar-refractivity contribution in [2.75, 3.05) is 0 Å². The quantitative estimate of drug-likeness (QED) is 0.622. The largest absolute Gasteiger partial charge is 0.459 e. The predicted octanol–water partition coefficient (Wildman–Crippen LogP) is 4.26. The zero-order valence-electron chi connectivity index (χ0n) is 14.8. The maximum absolute atomic E-state index is 12.6. The molecule has 0 N–H and O–H groups in total. The lowest BCUT2D eigenvalue weighted by molar-refractivity contribution is -0.155. The highest BCUT2D eigenvalue weighted by Gasteiger charge is 2.54. The fraction of sp³-hybridized carbons (Fsp3) is 0.381. The summed E-state index contributed by atoms with van der Waals surface area (Å²) in [5.74, 6) is -0.135. The average molecular weight is 323 g/mol. The van der Waals surface area contributed by atoms with E-state index in [2.05, 4.69) is 48.2 Å². The molecule has 3 heteroatoms. The third-order valence-electron chi connectivity index (χ3n) is 4.20. The number of hydrogen-bond acceptors (Lipinski definition) is 3. The van der Waals surface area contributed by atoms with Crippen LogP contribution in [0.25, 0.3) is 0 Å². The predicted molar refractivity (Wildman–Crippen MR) is 95.5 cm³/mol. The molecule has 2 aromatic rings. The Morgan fingerprint density at radius 3 is 2.25 bits per heavy atom. The summed E-state index contributed by atoms with van der Waals surface area (Å²) in [6.07, 6.45) is 0. The van der Waals surface area contributed by atoms with Crippen LogP contribution in [0.1, 0.15) is 43.5 Å². The van der Waals surface area contributed by atoms with Crippen LogP contribution >= 0.6 is 0 Å². The van der Waals surface area contributed by atoms with Gasteiger partial charge in [0.2, 0.25) is 0 Å². The second-order valence-corrected chi connectivity index (χ2v) is 7.49. The Kier molecular flexibility index (Phi) is 4.46. The average Bonchev–Trinajstić information content (AvgIpc) is 3.21. The molecule has 1 saturated heterocycles. The van der Waals surface area contributed by atoms with Crippen LogP contribution in [-0.4, -0.2) is 22.5 Å². The summed E-state index contributed by atoms with van der Waals surface area (Å²) < 4.78 is 5.62. The van der Waals surface area contributed by atoms with E-state index in [4.69, 9.17) is 4.74 Å². The van der Waals surface area contributed by atoms with Crippen molar-refractivity contribution in [2.24, 2.45) is 0 Å². The van der Waals surface area contributed by atoms with E-state index in [1.54, 1.807) is 0 Å². The maximum atomic E-state index is 12.6. The number of hydrogen-bond donors (Lipinski definition) is 0. The Hall–Kier alpha value is -2.13. The Bertz CT molecular complexity index is 701. The van der Waals surface area contributed by atoms with Crippen molar-refractivity contribution >= 4 is 5.97 Å². The van der Waals surface area contributed by atoms with Gasteiger partial charge in [-0.25, -0.2) is 0 Å². The molecule has 0 amide bonds. The van der Waals surface area contributed by atoms with Crippen LogP contribution in [0.3, 0.4) is 0 Å². The summed E-state index contributed by atoms with van der Waals surface area (Å²) in [6, 6.07) is 18.6. The summed E-state index contributed by atoms with van der Waals surface area (Å²) in [5.41, 5.74) is 3.14. The number of nitrogens with zero attached hydrogens (tertiary/aromatic N) is 1. The van der Waals surface area contributed by atoms with E-state index in [0.29, 0.717) is 0 Å². The summed E-state index contributed by atoms with van der Waals surface area (Å²) in [6.45, 7) is 8.56. The standard InChI is InChI=1S/C21H25NO2/c1-15-10-12-17(13-11-15)18-19(20(23)24-21(2,3)4)22(18)14-16-8-6-5-7-9-16/h5-13,18-19H,14H2,1-4H3. The van der Waals surface area contributed by atoms with Crippen molar-refractivity contribution in [1.29, 1.82) is 0 Å². The van der Waals surface area contributed by atoms with Crippen LogP contribution in [0.4, 0.5) is 0 Å². The molecule has 1 fully saturated rings. The molecule has 0 aromatic heterocycles. The van der Waals surface area contributed by atoms with Crippen LogP contribution in [0, 0.1) is 6.92 Å². The minimum absolute atomic E-state index is 0.0978. The number of esters is 1. The molecule has 1 aliphatic rings. The molecule has 1 aliphatic heterocycles. The monoisotopic (exact) mass is 323 g/mol. The van der Waals surface area contributed by atoms with Gasteiger partial charge in [-0.2, -0.15) is 0 Å². The lowest BCUT2D eigenvalue weighted by Crippen LogP contribution is -2.28. The second-order valence-electron chi connectivity index (χ2n) is 7.49. The summed E-state index contributed by atoms with van der Waals surface area (Å²) in [7, 11) is 0. The van der Waals surface area contributed by atoms with Gasteiger partial charge in [0, 0.05) is 6.54 Å². The number of rotatable bonds is 4. The van der Waals surface area contributed by atoms with Gasteiger partial charge in [-0.05, 0) is 38.8 Å². The minimum atomic E-state index is -0.462. The van der Waals surface area contributed by atoms with Gasteiger partial charge in [-0.15, -0.1) is 0 Å². The molecule has 0 bridgehead atoms. The zero-order valence-corrected chi connectivity index (χ0v) is 14.8. The summed E-state index contributed by atoms with van der Waals surface area (Å²) in [5, 5.41) is 0. The molecule has 3 unspecified atom stereocenters. The Morgan fingerprint density at radius 2 is 1.67 bits per heavy atom. The maximum Gasteiger partial charge on any atom is 0.325 e. The molecule has 0 radical (unpaired) electrons. The first-order valence-corrected chi connectivity index (χ1v) is 8.44. The van der Waals surface area contributed by atoms with E-state index < -0.39 is 5.60 Å². The van der Waals surface area contributed by atoms with Crippen LogP contribution in [0.15, 0.2) is 54.6 Å². The third kappa shape index (κ3) is 3.85. The summed E-state index contributed by atoms with van der Waals surface area (Å²) in [4.78, 5) is 14.8. The molecule has 0 spiro atoms.